The highest BCUT2D eigenvalue weighted by Gasteiger charge is 2.20. The first kappa shape index (κ1) is 42.2. The van der Waals surface area contributed by atoms with E-state index in [1.807, 2.05) is 48.5 Å². The maximum absolute atomic E-state index is 6.19. The predicted molar refractivity (Wildman–Crippen MR) is 285 cm³/mol. The van der Waals surface area contributed by atoms with E-state index in [2.05, 4.69) is 194 Å². The third kappa shape index (κ3) is 8.11. The Morgan fingerprint density at radius 1 is 0.314 bits per heavy atom. The van der Waals surface area contributed by atoms with E-state index in [9.17, 15) is 0 Å². The summed E-state index contributed by atoms with van der Waals surface area (Å²) in [6.45, 7) is 4.29. The molecule has 8 nitrogen and oxygen atoms in total. The summed E-state index contributed by atoms with van der Waals surface area (Å²) in [5.74, 6) is 1.21. The first-order valence-corrected chi connectivity index (χ1v) is 23.7. The average molecular weight is 907 g/mol. The lowest BCUT2D eigenvalue weighted by molar-refractivity contribution is 0.619. The van der Waals surface area contributed by atoms with Crippen molar-refractivity contribution in [2.75, 3.05) is 9.80 Å². The Balaban J connectivity index is 0.869. The number of aryl methyl sites for hydroxylation is 2. The number of hydrogen-bond acceptors (Lipinski definition) is 8. The molecule has 12 aromatic rings. The van der Waals surface area contributed by atoms with E-state index in [4.69, 9.17) is 28.8 Å². The smallest absolute Gasteiger partial charge is 0.227 e. The molecule has 0 unspecified atom stereocenters. The van der Waals surface area contributed by atoms with Crippen LogP contribution in [0.25, 0.3) is 78.7 Å². The molecule has 0 spiro atoms. The van der Waals surface area contributed by atoms with Crippen LogP contribution in [0.5, 0.6) is 0 Å². The first-order valence-electron chi connectivity index (χ1n) is 23.7. The summed E-state index contributed by atoms with van der Waals surface area (Å²) in [5, 5.41) is 0. The van der Waals surface area contributed by atoms with Gasteiger partial charge in [0, 0.05) is 56.4 Å². The molecular formula is C62H46N6O2. The normalized spacial score (nSPS) is 11.4. The fourth-order valence-corrected chi connectivity index (χ4v) is 9.13. The molecule has 0 atom stereocenters. The van der Waals surface area contributed by atoms with E-state index < -0.39 is 0 Å². The molecule has 70 heavy (non-hydrogen) atoms. The van der Waals surface area contributed by atoms with Gasteiger partial charge in [-0.1, -0.05) is 98.8 Å². The van der Waals surface area contributed by atoms with Crippen molar-refractivity contribution in [1.82, 2.24) is 19.9 Å². The van der Waals surface area contributed by atoms with Crippen LogP contribution in [0.15, 0.2) is 227 Å². The van der Waals surface area contributed by atoms with Gasteiger partial charge in [-0.3, -0.25) is 0 Å². The average Bonchev–Trinajstić information content (AvgIpc) is 4.07. The van der Waals surface area contributed by atoms with Crippen LogP contribution in [0.1, 0.15) is 25.0 Å². The lowest BCUT2D eigenvalue weighted by Gasteiger charge is -2.26. The highest BCUT2D eigenvalue weighted by molar-refractivity contribution is 5.89. The minimum absolute atomic E-state index is 0.606. The summed E-state index contributed by atoms with van der Waals surface area (Å²) in [6.07, 6.45) is 1.90. The van der Waals surface area contributed by atoms with Crippen molar-refractivity contribution in [3.8, 4) is 45.4 Å². The quantitative estimate of drug-likeness (QED) is 0.120. The fourth-order valence-electron chi connectivity index (χ4n) is 9.13. The molecule has 0 aliphatic rings. The number of oxazole rings is 2. The monoisotopic (exact) mass is 906 g/mol. The molecular weight excluding hydrogens is 861 g/mol. The van der Waals surface area contributed by atoms with Crippen LogP contribution >= 0.6 is 0 Å². The van der Waals surface area contributed by atoms with E-state index in [1.54, 1.807) is 0 Å². The van der Waals surface area contributed by atoms with Gasteiger partial charge in [-0.05, 0) is 157 Å². The molecule has 3 heterocycles. The topological polar surface area (TPSA) is 84.3 Å². The summed E-state index contributed by atoms with van der Waals surface area (Å²) < 4.78 is 12.4. The van der Waals surface area contributed by atoms with Crippen molar-refractivity contribution in [2.45, 2.75) is 26.7 Å². The Bertz CT molecular complexity index is 3520. The van der Waals surface area contributed by atoms with Gasteiger partial charge in [-0.2, -0.15) is 0 Å². The van der Waals surface area contributed by atoms with E-state index >= 15 is 0 Å². The number of para-hydroxylation sites is 4. The maximum atomic E-state index is 6.19. The van der Waals surface area contributed by atoms with Crippen LogP contribution in [0.2, 0.25) is 0 Å². The molecule has 0 aliphatic heterocycles. The van der Waals surface area contributed by atoms with E-state index in [-0.39, 0.29) is 0 Å². The van der Waals surface area contributed by atoms with E-state index in [0.717, 1.165) is 114 Å². The number of benzene rings is 9. The van der Waals surface area contributed by atoms with Crippen LogP contribution in [0, 0.1) is 0 Å². The minimum atomic E-state index is 0.606. The van der Waals surface area contributed by atoms with Crippen molar-refractivity contribution >= 4 is 67.4 Å². The molecule has 0 fully saturated rings. The second-order valence-corrected chi connectivity index (χ2v) is 17.3. The molecule has 0 aliphatic carbocycles. The summed E-state index contributed by atoms with van der Waals surface area (Å²) in [7, 11) is 0. The zero-order valence-corrected chi connectivity index (χ0v) is 38.7. The summed E-state index contributed by atoms with van der Waals surface area (Å²) in [4.78, 5) is 24.7. The van der Waals surface area contributed by atoms with Crippen molar-refractivity contribution in [1.29, 1.82) is 0 Å². The highest BCUT2D eigenvalue weighted by atomic mass is 16.4. The lowest BCUT2D eigenvalue weighted by Crippen LogP contribution is -2.10. The SMILES string of the molecule is CCc1ccc2oc(-c3ccc(N(c4ccccc4)c4ccc(-c5nc6ccccc6nc5-c5ccc(N(c6ccccc6)c6ccc(-c7nc8cc(CC)ccc8o7)cc6)cc5)cc4)cc3)nc2c1. The van der Waals surface area contributed by atoms with Crippen LogP contribution in [0.4, 0.5) is 34.1 Å². The van der Waals surface area contributed by atoms with Crippen LogP contribution in [0.3, 0.4) is 0 Å². The van der Waals surface area contributed by atoms with Crippen LogP contribution < -0.4 is 9.80 Å². The van der Waals surface area contributed by atoms with Gasteiger partial charge in [0.2, 0.25) is 11.8 Å². The number of rotatable bonds is 12. The van der Waals surface area contributed by atoms with Crippen molar-refractivity contribution in [2.24, 2.45) is 0 Å². The Hall–Kier alpha value is -9.14. The van der Waals surface area contributed by atoms with E-state index in [1.165, 1.54) is 11.1 Å². The fraction of sp³-hybridized carbons (Fsp3) is 0.0645. The molecule has 0 radical (unpaired) electrons. The molecule has 0 saturated heterocycles. The van der Waals surface area contributed by atoms with Gasteiger partial charge < -0.3 is 18.6 Å². The summed E-state index contributed by atoms with van der Waals surface area (Å²) in [6, 6.07) is 75.3. The van der Waals surface area contributed by atoms with Gasteiger partial charge in [0.1, 0.15) is 11.0 Å². The molecule has 8 heteroatoms. The Morgan fingerprint density at radius 3 is 1.00 bits per heavy atom. The Kier molecular flexibility index (Phi) is 11.0. The van der Waals surface area contributed by atoms with Gasteiger partial charge in [0.25, 0.3) is 0 Å². The van der Waals surface area contributed by atoms with Gasteiger partial charge in [-0.15, -0.1) is 0 Å². The number of hydrogen-bond donors (Lipinski definition) is 0. The van der Waals surface area contributed by atoms with Gasteiger partial charge in [0.05, 0.1) is 22.4 Å². The van der Waals surface area contributed by atoms with Gasteiger partial charge in [-0.25, -0.2) is 19.9 Å². The number of anilines is 6. The second-order valence-electron chi connectivity index (χ2n) is 17.3. The standard InChI is InChI=1S/C62H46N6O2/c1-3-41-19-37-57-55(39-41)65-61(69-57)45-25-33-51(34-26-45)67(47-13-7-5-8-14-47)49-29-21-43(22-30-49)59-60(64-54-18-12-11-17-53(54)63-59)44-23-31-50(32-24-44)68(48-15-9-6-10-16-48)52-35-27-46(28-36-52)62-66-56-40-42(4-2)20-38-58(56)70-62/h5-40H,3-4H2,1-2H3. The van der Waals surface area contributed by atoms with Gasteiger partial charge in [0.15, 0.2) is 11.2 Å². The zero-order chi connectivity index (χ0) is 47.0. The Morgan fingerprint density at radius 2 is 0.643 bits per heavy atom. The summed E-state index contributed by atoms with van der Waals surface area (Å²) in [5.41, 5.74) is 18.9. The molecule has 336 valence electrons. The third-order valence-corrected chi connectivity index (χ3v) is 12.9. The minimum Gasteiger partial charge on any atom is -0.436 e. The first-order chi connectivity index (χ1) is 34.5. The number of aromatic nitrogens is 4. The second kappa shape index (κ2) is 18.2. The largest absolute Gasteiger partial charge is 0.436 e. The lowest BCUT2D eigenvalue weighted by atomic mass is 10.0. The maximum Gasteiger partial charge on any atom is 0.227 e. The molecule has 0 bridgehead atoms. The Labute approximate surface area is 405 Å². The zero-order valence-electron chi connectivity index (χ0n) is 38.7. The molecule has 0 N–H and O–H groups in total. The van der Waals surface area contributed by atoms with Crippen molar-refractivity contribution < 1.29 is 8.83 Å². The summed E-state index contributed by atoms with van der Waals surface area (Å²) >= 11 is 0. The van der Waals surface area contributed by atoms with Crippen molar-refractivity contribution in [3.05, 3.63) is 230 Å². The molecule has 12 rings (SSSR count). The number of fused-ring (bicyclic) bond motifs is 3. The van der Waals surface area contributed by atoms with Crippen molar-refractivity contribution in [3.63, 3.8) is 0 Å². The predicted octanol–water partition coefficient (Wildman–Crippen LogP) is 16.6. The molecule has 3 aromatic heterocycles. The molecule has 9 aromatic carbocycles. The van der Waals surface area contributed by atoms with Crippen LogP contribution in [-0.2, 0) is 12.8 Å². The van der Waals surface area contributed by atoms with Gasteiger partial charge >= 0.3 is 0 Å². The third-order valence-electron chi connectivity index (χ3n) is 12.9. The molecule has 0 saturated carbocycles. The highest BCUT2D eigenvalue weighted by Crippen LogP contribution is 2.41. The molecule has 0 amide bonds. The number of nitrogens with zero attached hydrogens (tertiary/aromatic N) is 6. The van der Waals surface area contributed by atoms with Crippen LogP contribution in [-0.4, -0.2) is 19.9 Å². The van der Waals surface area contributed by atoms with E-state index in [0.29, 0.717) is 11.8 Å².